The van der Waals surface area contributed by atoms with Crippen molar-refractivity contribution in [3.8, 4) is 11.9 Å². The highest BCUT2D eigenvalue weighted by molar-refractivity contribution is 5.82. The Bertz CT molecular complexity index is 835. The van der Waals surface area contributed by atoms with Crippen LogP contribution in [0, 0.1) is 0 Å². The maximum atomic E-state index is 10.0. The Morgan fingerprint density at radius 3 is 3.00 bits per heavy atom. The first kappa shape index (κ1) is 13.0. The van der Waals surface area contributed by atoms with Gasteiger partial charge >= 0.3 is 6.01 Å². The van der Waals surface area contributed by atoms with Crippen LogP contribution in [0.4, 0.5) is 0 Å². The van der Waals surface area contributed by atoms with Crippen molar-refractivity contribution in [2.75, 3.05) is 0 Å². The molecule has 5 heteroatoms. The molecular formula is C17H15N3O2. The third kappa shape index (κ3) is 2.24. The molecule has 2 heterocycles. The van der Waals surface area contributed by atoms with E-state index in [1.807, 2.05) is 12.1 Å². The van der Waals surface area contributed by atoms with Crippen LogP contribution < -0.4 is 4.74 Å². The molecule has 1 atom stereocenters. The third-order valence-electron chi connectivity index (χ3n) is 4.02. The Kier molecular flexibility index (Phi) is 3.11. The van der Waals surface area contributed by atoms with E-state index < -0.39 is 0 Å². The second kappa shape index (κ2) is 5.26. The van der Waals surface area contributed by atoms with Crippen molar-refractivity contribution >= 4 is 10.9 Å². The van der Waals surface area contributed by atoms with Gasteiger partial charge in [-0.3, -0.25) is 4.98 Å². The van der Waals surface area contributed by atoms with E-state index in [1.54, 1.807) is 18.5 Å². The van der Waals surface area contributed by atoms with Crippen molar-refractivity contribution in [1.82, 2.24) is 15.0 Å². The lowest BCUT2D eigenvalue weighted by Gasteiger charge is -2.25. The fourth-order valence-corrected chi connectivity index (χ4v) is 2.95. The molecule has 22 heavy (non-hydrogen) atoms. The summed E-state index contributed by atoms with van der Waals surface area (Å²) in [6, 6.07) is 10.2. The Morgan fingerprint density at radius 1 is 1.14 bits per heavy atom. The molecule has 0 saturated carbocycles. The fraction of sp³-hybridized carbons (Fsp3) is 0.235. The molecule has 4 rings (SSSR count). The summed E-state index contributed by atoms with van der Waals surface area (Å²) in [6.07, 6.45) is 6.19. The standard InChI is InChI=1S/C17H15N3O2/c21-16-13-8-9-18-10-14(13)19-17(20-16)22-15-7-3-5-11-4-1-2-6-12(11)15/h1-2,4,6,8-10,15H,3,5,7H2,(H,19,20,21). The molecular weight excluding hydrogens is 278 g/mol. The number of benzene rings is 1. The van der Waals surface area contributed by atoms with Gasteiger partial charge in [-0.1, -0.05) is 24.3 Å². The number of pyridine rings is 1. The molecule has 0 spiro atoms. The molecule has 1 N–H and O–H groups in total. The molecule has 3 aromatic rings. The number of aryl methyl sites for hydroxylation is 1. The molecule has 5 nitrogen and oxygen atoms in total. The zero-order valence-electron chi connectivity index (χ0n) is 11.9. The predicted molar refractivity (Wildman–Crippen MR) is 81.7 cm³/mol. The van der Waals surface area contributed by atoms with E-state index in [0.717, 1.165) is 19.3 Å². The van der Waals surface area contributed by atoms with Gasteiger partial charge in [-0.2, -0.15) is 9.97 Å². The van der Waals surface area contributed by atoms with E-state index in [9.17, 15) is 5.11 Å². The minimum Gasteiger partial charge on any atom is -0.493 e. The van der Waals surface area contributed by atoms with Crippen LogP contribution in [0.5, 0.6) is 11.9 Å². The first-order valence-corrected chi connectivity index (χ1v) is 7.36. The van der Waals surface area contributed by atoms with E-state index in [1.165, 1.54) is 11.1 Å². The van der Waals surface area contributed by atoms with E-state index in [4.69, 9.17) is 4.74 Å². The van der Waals surface area contributed by atoms with E-state index >= 15 is 0 Å². The third-order valence-corrected chi connectivity index (χ3v) is 4.02. The van der Waals surface area contributed by atoms with Gasteiger partial charge in [0.25, 0.3) is 0 Å². The van der Waals surface area contributed by atoms with Crippen LogP contribution in [0.3, 0.4) is 0 Å². The van der Waals surface area contributed by atoms with Gasteiger partial charge in [0.05, 0.1) is 17.1 Å². The molecule has 1 aliphatic carbocycles. The minimum absolute atomic E-state index is 0.0709. The zero-order valence-corrected chi connectivity index (χ0v) is 11.9. The van der Waals surface area contributed by atoms with E-state index in [0.29, 0.717) is 10.9 Å². The van der Waals surface area contributed by atoms with Gasteiger partial charge in [-0.05, 0) is 36.5 Å². The number of hydrogen-bond donors (Lipinski definition) is 1. The number of nitrogens with zero attached hydrogens (tertiary/aromatic N) is 3. The van der Waals surface area contributed by atoms with Gasteiger partial charge in [-0.15, -0.1) is 0 Å². The summed E-state index contributed by atoms with van der Waals surface area (Å²) in [7, 11) is 0. The Hall–Kier alpha value is -2.69. The van der Waals surface area contributed by atoms with Crippen LogP contribution in [0.25, 0.3) is 10.9 Å². The Morgan fingerprint density at radius 2 is 2.05 bits per heavy atom. The summed E-state index contributed by atoms with van der Waals surface area (Å²) >= 11 is 0. The normalized spacial score (nSPS) is 17.2. The van der Waals surface area contributed by atoms with Crippen molar-refractivity contribution < 1.29 is 9.84 Å². The largest absolute Gasteiger partial charge is 0.493 e. The number of hydrogen-bond acceptors (Lipinski definition) is 5. The average Bonchev–Trinajstić information content (AvgIpc) is 2.55. The van der Waals surface area contributed by atoms with Crippen LogP contribution in [0.15, 0.2) is 42.7 Å². The molecule has 0 aliphatic heterocycles. The van der Waals surface area contributed by atoms with Gasteiger partial charge in [-0.25, -0.2) is 0 Å². The summed E-state index contributed by atoms with van der Waals surface area (Å²) in [4.78, 5) is 12.4. The summed E-state index contributed by atoms with van der Waals surface area (Å²) in [5.74, 6) is -0.0773. The maximum absolute atomic E-state index is 10.0. The van der Waals surface area contributed by atoms with E-state index in [-0.39, 0.29) is 18.0 Å². The molecule has 1 unspecified atom stereocenters. The molecule has 0 bridgehead atoms. The number of ether oxygens (including phenoxy) is 1. The summed E-state index contributed by atoms with van der Waals surface area (Å²) < 4.78 is 5.96. The quantitative estimate of drug-likeness (QED) is 0.786. The highest BCUT2D eigenvalue weighted by Crippen LogP contribution is 2.33. The van der Waals surface area contributed by atoms with Crippen molar-refractivity contribution in [3.63, 3.8) is 0 Å². The zero-order chi connectivity index (χ0) is 14.9. The monoisotopic (exact) mass is 293 g/mol. The van der Waals surface area contributed by atoms with Crippen LogP contribution >= 0.6 is 0 Å². The van der Waals surface area contributed by atoms with Gasteiger partial charge in [0.1, 0.15) is 6.10 Å². The van der Waals surface area contributed by atoms with Gasteiger partial charge in [0.2, 0.25) is 5.88 Å². The minimum atomic E-state index is -0.0773. The predicted octanol–water partition coefficient (Wildman–Crippen LogP) is 3.19. The first-order valence-electron chi connectivity index (χ1n) is 7.36. The SMILES string of the molecule is Oc1nc(OC2CCCc3ccccc32)nc2cnccc12. The second-order valence-corrected chi connectivity index (χ2v) is 5.42. The molecule has 0 fully saturated rings. The van der Waals surface area contributed by atoms with Crippen molar-refractivity contribution in [2.24, 2.45) is 0 Å². The Labute approximate surface area is 127 Å². The fourth-order valence-electron chi connectivity index (χ4n) is 2.95. The number of fused-ring (bicyclic) bond motifs is 2. The smallest absolute Gasteiger partial charge is 0.320 e. The van der Waals surface area contributed by atoms with Crippen molar-refractivity contribution in [1.29, 1.82) is 0 Å². The van der Waals surface area contributed by atoms with Gasteiger partial charge in [0.15, 0.2) is 0 Å². The van der Waals surface area contributed by atoms with Crippen LogP contribution in [0.2, 0.25) is 0 Å². The molecule has 0 saturated heterocycles. The first-order chi connectivity index (χ1) is 10.8. The number of aromatic hydroxyl groups is 1. The van der Waals surface area contributed by atoms with Crippen molar-refractivity contribution in [2.45, 2.75) is 25.4 Å². The number of rotatable bonds is 2. The van der Waals surface area contributed by atoms with Crippen LogP contribution in [0.1, 0.15) is 30.1 Å². The van der Waals surface area contributed by atoms with Crippen LogP contribution in [-0.4, -0.2) is 20.1 Å². The van der Waals surface area contributed by atoms with Gasteiger partial charge < -0.3 is 9.84 Å². The van der Waals surface area contributed by atoms with Crippen molar-refractivity contribution in [3.05, 3.63) is 53.9 Å². The summed E-state index contributed by atoms with van der Waals surface area (Å²) in [5.41, 5.74) is 3.07. The average molecular weight is 293 g/mol. The molecule has 0 amide bonds. The maximum Gasteiger partial charge on any atom is 0.320 e. The molecule has 110 valence electrons. The van der Waals surface area contributed by atoms with Crippen LogP contribution in [-0.2, 0) is 6.42 Å². The highest BCUT2D eigenvalue weighted by atomic mass is 16.5. The molecule has 0 radical (unpaired) electrons. The second-order valence-electron chi connectivity index (χ2n) is 5.42. The lowest BCUT2D eigenvalue weighted by atomic mass is 9.89. The number of aromatic nitrogens is 3. The Balaban J connectivity index is 1.70. The highest BCUT2D eigenvalue weighted by Gasteiger charge is 2.22. The topological polar surface area (TPSA) is 68.1 Å². The molecule has 1 aromatic carbocycles. The van der Waals surface area contributed by atoms with Gasteiger partial charge in [0, 0.05) is 6.20 Å². The lowest BCUT2D eigenvalue weighted by molar-refractivity contribution is 0.166. The lowest BCUT2D eigenvalue weighted by Crippen LogP contribution is -2.16. The summed E-state index contributed by atoms with van der Waals surface area (Å²) in [5, 5.41) is 10.6. The summed E-state index contributed by atoms with van der Waals surface area (Å²) in [6.45, 7) is 0. The molecule has 1 aliphatic rings. The molecule has 2 aromatic heterocycles. The van der Waals surface area contributed by atoms with E-state index in [2.05, 4.69) is 27.1 Å².